The normalized spacial score (nSPS) is 27.7. The Morgan fingerprint density at radius 2 is 1.90 bits per heavy atom. The zero-order valence-corrected chi connectivity index (χ0v) is 31.0. The third-order valence-corrected chi connectivity index (χ3v) is 13.3. The first-order chi connectivity index (χ1) is 24.4. The topological polar surface area (TPSA) is 157 Å². The van der Waals surface area contributed by atoms with Crippen molar-refractivity contribution in [1.82, 2.24) is 24.9 Å². The Kier molecular flexibility index (Phi) is 9.59. The molecule has 2 aromatic heterocycles. The standard InChI is InChI=1S/C37H45N5O7S2/c1-21(2)31-20-50-34(39-31)30-16-22-15-24(48-4)10-13-27(22)33(38-30)49-25-17-28-29(18-25)35(44)42(3)14-8-6-5-7-9-23-19-37(23,40-32(28)43)36(45)41-51(46,47)26-11-12-26/h7,9-10,13,15-16,20-21,23,25-26,28-29H,5-6,8,11-12,14,17-19H2,1-4H3,(H,40,43)(H,41,45)/b9-7-. The number of methoxy groups -OCH3 is 1. The second kappa shape index (κ2) is 13.8. The number of benzene rings is 1. The Morgan fingerprint density at radius 3 is 2.63 bits per heavy atom. The van der Waals surface area contributed by atoms with Gasteiger partial charge in [0.1, 0.15) is 28.1 Å². The van der Waals surface area contributed by atoms with Crippen LogP contribution in [0, 0.1) is 17.8 Å². The lowest BCUT2D eigenvalue weighted by molar-refractivity contribution is -0.140. The van der Waals surface area contributed by atoms with E-state index < -0.39 is 50.6 Å². The minimum Gasteiger partial charge on any atom is -0.497 e. The van der Waals surface area contributed by atoms with Crippen molar-refractivity contribution in [3.8, 4) is 22.3 Å². The van der Waals surface area contributed by atoms with Gasteiger partial charge in [-0.25, -0.2) is 18.4 Å². The number of carbonyl (C=O) groups is 3. The molecule has 3 aromatic rings. The molecular formula is C37H45N5O7S2. The summed E-state index contributed by atoms with van der Waals surface area (Å²) in [4.78, 5) is 53.2. The van der Waals surface area contributed by atoms with Crippen LogP contribution in [0.3, 0.4) is 0 Å². The molecule has 1 aliphatic heterocycles. The van der Waals surface area contributed by atoms with Crippen molar-refractivity contribution in [1.29, 1.82) is 0 Å². The third-order valence-electron chi connectivity index (χ3n) is 10.6. The molecule has 3 fully saturated rings. The number of amides is 3. The number of hydrogen-bond donors (Lipinski definition) is 2. The van der Waals surface area contributed by atoms with Gasteiger partial charge in [-0.1, -0.05) is 26.0 Å². The molecule has 2 N–H and O–H groups in total. The third kappa shape index (κ3) is 7.21. The van der Waals surface area contributed by atoms with Crippen LogP contribution in [0.1, 0.15) is 76.8 Å². The van der Waals surface area contributed by atoms with Crippen molar-refractivity contribution in [3.63, 3.8) is 0 Å². The number of fused-ring (bicyclic) bond motifs is 3. The highest BCUT2D eigenvalue weighted by molar-refractivity contribution is 7.91. The van der Waals surface area contributed by atoms with Crippen LogP contribution in [0.5, 0.6) is 11.6 Å². The van der Waals surface area contributed by atoms with E-state index in [-0.39, 0.29) is 37.0 Å². The van der Waals surface area contributed by atoms with E-state index in [1.807, 2.05) is 41.8 Å². The molecule has 1 aromatic carbocycles. The molecule has 0 saturated heterocycles. The van der Waals surface area contributed by atoms with Crippen LogP contribution < -0.4 is 19.5 Å². The number of thiazole rings is 1. The number of rotatable bonds is 8. The Bertz CT molecular complexity index is 1990. The van der Waals surface area contributed by atoms with Crippen molar-refractivity contribution in [2.24, 2.45) is 17.8 Å². The monoisotopic (exact) mass is 735 g/mol. The minimum atomic E-state index is -3.83. The summed E-state index contributed by atoms with van der Waals surface area (Å²) in [5.41, 5.74) is 0.224. The molecule has 272 valence electrons. The van der Waals surface area contributed by atoms with Gasteiger partial charge in [0.15, 0.2) is 0 Å². The van der Waals surface area contributed by atoms with Crippen molar-refractivity contribution >= 4 is 49.9 Å². The number of pyridine rings is 1. The summed E-state index contributed by atoms with van der Waals surface area (Å²) in [6.07, 6.45) is 7.53. The van der Waals surface area contributed by atoms with Gasteiger partial charge in [0.25, 0.3) is 5.91 Å². The predicted octanol–water partition coefficient (Wildman–Crippen LogP) is 4.95. The number of ether oxygens (including phenoxy) is 2. The summed E-state index contributed by atoms with van der Waals surface area (Å²) in [7, 11) is -0.459. The molecule has 5 unspecified atom stereocenters. The highest BCUT2D eigenvalue weighted by Gasteiger charge is 2.62. The molecule has 0 bridgehead atoms. The fourth-order valence-corrected chi connectivity index (χ4v) is 9.55. The van der Waals surface area contributed by atoms with Crippen LogP contribution in [-0.2, 0) is 24.4 Å². The summed E-state index contributed by atoms with van der Waals surface area (Å²) >= 11 is 1.51. The van der Waals surface area contributed by atoms with Crippen molar-refractivity contribution in [3.05, 3.63) is 47.5 Å². The summed E-state index contributed by atoms with van der Waals surface area (Å²) in [6, 6.07) is 7.60. The maximum absolute atomic E-state index is 14.2. The number of aromatic nitrogens is 2. The van der Waals surface area contributed by atoms with Crippen LogP contribution in [0.25, 0.3) is 21.5 Å². The summed E-state index contributed by atoms with van der Waals surface area (Å²) in [5, 5.41) is 6.76. The van der Waals surface area contributed by atoms with Gasteiger partial charge in [0, 0.05) is 30.3 Å². The van der Waals surface area contributed by atoms with E-state index in [1.165, 1.54) is 11.3 Å². The second-order valence-corrected chi connectivity index (χ2v) is 17.5. The number of hydrogen-bond acceptors (Lipinski definition) is 10. The predicted molar refractivity (Wildman–Crippen MR) is 194 cm³/mol. The molecular weight excluding hydrogens is 691 g/mol. The first kappa shape index (κ1) is 35.4. The van der Waals surface area contributed by atoms with E-state index in [0.717, 1.165) is 40.7 Å². The number of nitrogens with one attached hydrogen (secondary N) is 2. The smallest absolute Gasteiger partial charge is 0.259 e. The minimum absolute atomic E-state index is 0.156. The molecule has 7 rings (SSSR count). The van der Waals surface area contributed by atoms with Crippen molar-refractivity contribution in [2.45, 2.75) is 88.0 Å². The van der Waals surface area contributed by atoms with Crippen molar-refractivity contribution < 1.29 is 32.3 Å². The van der Waals surface area contributed by atoms with Gasteiger partial charge < -0.3 is 19.7 Å². The van der Waals surface area contributed by atoms with E-state index in [1.54, 1.807) is 19.1 Å². The quantitative estimate of drug-likeness (QED) is 0.306. The number of nitrogens with zero attached hydrogens (tertiary/aromatic N) is 3. The fourth-order valence-electron chi connectivity index (χ4n) is 7.25. The zero-order chi connectivity index (χ0) is 36.1. The van der Waals surface area contributed by atoms with Crippen LogP contribution >= 0.6 is 11.3 Å². The molecule has 0 radical (unpaired) electrons. The van der Waals surface area contributed by atoms with E-state index in [4.69, 9.17) is 19.4 Å². The molecule has 5 atom stereocenters. The summed E-state index contributed by atoms with van der Waals surface area (Å²) in [6.45, 7) is 4.73. The zero-order valence-electron chi connectivity index (χ0n) is 29.4. The van der Waals surface area contributed by atoms with Crippen LogP contribution in [-0.4, -0.2) is 78.6 Å². The van der Waals surface area contributed by atoms with E-state index in [0.29, 0.717) is 36.7 Å². The largest absolute Gasteiger partial charge is 0.497 e. The van der Waals surface area contributed by atoms with Gasteiger partial charge in [-0.05, 0) is 86.9 Å². The van der Waals surface area contributed by atoms with Gasteiger partial charge in [0.2, 0.25) is 27.7 Å². The lowest BCUT2D eigenvalue weighted by atomic mass is 9.93. The van der Waals surface area contributed by atoms with E-state index >= 15 is 0 Å². The molecule has 0 spiro atoms. The number of sulfonamides is 1. The first-order valence-corrected chi connectivity index (χ1v) is 20.2. The van der Waals surface area contributed by atoms with Crippen LogP contribution in [0.2, 0.25) is 0 Å². The molecule has 4 aliphatic rings. The lowest BCUT2D eigenvalue weighted by Crippen LogP contribution is -2.54. The molecule has 12 nitrogen and oxygen atoms in total. The first-order valence-electron chi connectivity index (χ1n) is 17.8. The van der Waals surface area contributed by atoms with Gasteiger partial charge in [-0.3, -0.25) is 19.1 Å². The SMILES string of the molecule is COc1ccc2c(OC3CC4C(=O)NC5(C(=O)NS(=O)(=O)C6CC6)CC5/C=C\CCCCN(C)C(=O)C4C3)nc(-c3nc(C(C)C)cs3)cc2c1. The van der Waals surface area contributed by atoms with E-state index in [2.05, 4.69) is 23.9 Å². The van der Waals surface area contributed by atoms with Crippen molar-refractivity contribution in [2.75, 3.05) is 20.7 Å². The van der Waals surface area contributed by atoms with Crippen LogP contribution in [0.4, 0.5) is 0 Å². The summed E-state index contributed by atoms with van der Waals surface area (Å²) < 4.78 is 39.9. The highest BCUT2D eigenvalue weighted by Crippen LogP contribution is 2.47. The second-order valence-electron chi connectivity index (χ2n) is 14.7. The fraction of sp³-hybridized carbons (Fsp3) is 0.541. The van der Waals surface area contributed by atoms with Gasteiger partial charge in [0.05, 0.1) is 29.9 Å². The summed E-state index contributed by atoms with van der Waals surface area (Å²) in [5.74, 6) is -1.87. The highest BCUT2D eigenvalue weighted by atomic mass is 32.2. The maximum atomic E-state index is 14.2. The number of carbonyl (C=O) groups excluding carboxylic acids is 3. The average molecular weight is 736 g/mol. The molecule has 3 amide bonds. The molecule has 51 heavy (non-hydrogen) atoms. The molecule has 14 heteroatoms. The Hall–Kier alpha value is -4.04. The van der Waals surface area contributed by atoms with E-state index in [9.17, 15) is 22.8 Å². The number of allylic oxidation sites excluding steroid dienone is 1. The average Bonchev–Trinajstić information content (AvgIpc) is 3.98. The molecule has 3 heterocycles. The van der Waals surface area contributed by atoms with Gasteiger partial charge in [-0.2, -0.15) is 0 Å². The molecule has 3 saturated carbocycles. The lowest BCUT2D eigenvalue weighted by Gasteiger charge is -2.26. The molecule has 3 aliphatic carbocycles. The Balaban J connectivity index is 1.19. The maximum Gasteiger partial charge on any atom is 0.259 e. The Labute approximate surface area is 302 Å². The van der Waals surface area contributed by atoms with Gasteiger partial charge in [-0.15, -0.1) is 11.3 Å². The van der Waals surface area contributed by atoms with Crippen LogP contribution in [0.15, 0.2) is 41.8 Å². The van der Waals surface area contributed by atoms with Gasteiger partial charge >= 0.3 is 0 Å². The Morgan fingerprint density at radius 1 is 1.12 bits per heavy atom.